The summed E-state index contributed by atoms with van der Waals surface area (Å²) in [5.74, 6) is 0.848. The van der Waals surface area contributed by atoms with Crippen LogP contribution in [0.1, 0.15) is 24.8 Å². The lowest BCUT2D eigenvalue weighted by atomic mass is 9.59. The molecule has 1 heterocycles. The summed E-state index contributed by atoms with van der Waals surface area (Å²) < 4.78 is 5.67. The average Bonchev–Trinajstić information content (AvgIpc) is 2.35. The average molecular weight is 229 g/mol. The molecule has 1 aliphatic heterocycles. The van der Waals surface area contributed by atoms with Gasteiger partial charge in [0.1, 0.15) is 17.8 Å². The molecule has 1 aromatic rings. The topological polar surface area (TPSA) is 53.2 Å². The maximum absolute atomic E-state index is 10.5. The number of fused-ring (bicyclic) bond motifs is 1. The van der Waals surface area contributed by atoms with Crippen molar-refractivity contribution in [3.63, 3.8) is 0 Å². The fourth-order valence-electron chi connectivity index (χ4n) is 2.83. The van der Waals surface area contributed by atoms with Crippen LogP contribution < -0.4 is 4.74 Å². The fraction of sp³-hybridized carbons (Fsp3) is 0.500. The summed E-state index contributed by atoms with van der Waals surface area (Å²) >= 11 is 0. The molecule has 0 amide bonds. The van der Waals surface area contributed by atoms with Gasteiger partial charge in [-0.1, -0.05) is 18.2 Å². The van der Waals surface area contributed by atoms with E-state index in [1.165, 1.54) is 0 Å². The Morgan fingerprint density at radius 1 is 1.29 bits per heavy atom. The Bertz CT molecular complexity index is 487. The minimum absolute atomic E-state index is 0.303. The summed E-state index contributed by atoms with van der Waals surface area (Å²) in [6.45, 7) is 0.303. The van der Waals surface area contributed by atoms with Crippen molar-refractivity contribution in [1.29, 1.82) is 5.26 Å². The molecule has 3 rings (SSSR count). The molecular weight excluding hydrogens is 214 g/mol. The molecule has 0 saturated heterocycles. The van der Waals surface area contributed by atoms with Crippen LogP contribution in [-0.4, -0.2) is 17.3 Å². The van der Waals surface area contributed by atoms with E-state index < -0.39 is 11.0 Å². The van der Waals surface area contributed by atoms with Gasteiger partial charge in [-0.15, -0.1) is 0 Å². The van der Waals surface area contributed by atoms with E-state index in [1.54, 1.807) is 0 Å². The zero-order valence-electron chi connectivity index (χ0n) is 9.65. The summed E-state index contributed by atoms with van der Waals surface area (Å²) in [4.78, 5) is 0. The number of ether oxygens (including phenoxy) is 1. The van der Waals surface area contributed by atoms with Crippen LogP contribution in [-0.2, 0) is 6.42 Å². The van der Waals surface area contributed by atoms with Gasteiger partial charge in [0.05, 0.1) is 11.7 Å². The maximum Gasteiger partial charge on any atom is 0.124 e. The molecule has 1 aliphatic carbocycles. The summed E-state index contributed by atoms with van der Waals surface area (Å²) in [6.07, 6.45) is 3.02. The third-order valence-corrected chi connectivity index (χ3v) is 4.22. The molecule has 2 aliphatic rings. The minimum Gasteiger partial charge on any atom is -0.492 e. The number of rotatable bonds is 1. The summed E-state index contributed by atoms with van der Waals surface area (Å²) in [6, 6.07) is 10.1. The van der Waals surface area contributed by atoms with Crippen LogP contribution in [0.25, 0.3) is 0 Å². The number of nitriles is 1. The lowest BCUT2D eigenvalue weighted by Crippen LogP contribution is -2.57. The molecule has 1 aromatic carbocycles. The van der Waals surface area contributed by atoms with Crippen molar-refractivity contribution in [2.24, 2.45) is 5.41 Å². The second kappa shape index (κ2) is 3.48. The normalized spacial score (nSPS) is 29.4. The predicted molar refractivity (Wildman–Crippen MR) is 62.5 cm³/mol. The van der Waals surface area contributed by atoms with E-state index in [4.69, 9.17) is 4.74 Å². The number of aliphatic hydroxyl groups is 1. The zero-order chi connectivity index (χ0) is 11.9. The highest BCUT2D eigenvalue weighted by Gasteiger charge is 2.56. The van der Waals surface area contributed by atoms with E-state index in [0.717, 1.165) is 17.7 Å². The van der Waals surface area contributed by atoms with Crippen molar-refractivity contribution in [3.8, 4) is 11.8 Å². The third kappa shape index (κ3) is 1.37. The number of hydrogen-bond donors (Lipinski definition) is 1. The molecule has 3 nitrogen and oxygen atoms in total. The second-order valence-corrected chi connectivity index (χ2v) is 5.15. The van der Waals surface area contributed by atoms with Crippen LogP contribution in [0.15, 0.2) is 24.3 Å². The Balaban J connectivity index is 1.98. The first-order chi connectivity index (χ1) is 8.19. The quantitative estimate of drug-likeness (QED) is 0.801. The maximum atomic E-state index is 10.5. The van der Waals surface area contributed by atoms with Gasteiger partial charge in [-0.2, -0.15) is 5.26 Å². The lowest BCUT2D eigenvalue weighted by Gasteiger charge is -2.50. The number of benzene rings is 1. The lowest BCUT2D eigenvalue weighted by molar-refractivity contribution is -0.132. The van der Waals surface area contributed by atoms with Gasteiger partial charge in [-0.05, 0) is 30.9 Å². The molecule has 0 spiro atoms. The number of hydrogen-bond acceptors (Lipinski definition) is 3. The first-order valence-corrected chi connectivity index (χ1v) is 6.04. The van der Waals surface area contributed by atoms with Gasteiger partial charge in [0.2, 0.25) is 0 Å². The minimum atomic E-state index is -0.852. The standard InChI is InChI=1S/C14H15NO2/c15-9-13(14(16)6-3-7-14)8-11-4-1-2-5-12(11)17-10-13/h1-2,4-5,16H,3,6-8,10H2. The molecule has 0 aromatic heterocycles. The van der Waals surface area contributed by atoms with Gasteiger partial charge >= 0.3 is 0 Å². The Labute approximate surface area is 101 Å². The first-order valence-electron chi connectivity index (χ1n) is 6.04. The van der Waals surface area contributed by atoms with Gasteiger partial charge in [-0.25, -0.2) is 0 Å². The third-order valence-electron chi connectivity index (χ3n) is 4.22. The monoisotopic (exact) mass is 229 g/mol. The van der Waals surface area contributed by atoms with Gasteiger partial charge in [0.15, 0.2) is 0 Å². The van der Waals surface area contributed by atoms with Gasteiger partial charge in [0.25, 0.3) is 0 Å². The van der Waals surface area contributed by atoms with Crippen LogP contribution in [0, 0.1) is 16.7 Å². The Hall–Kier alpha value is -1.53. The highest BCUT2D eigenvalue weighted by Crippen LogP contribution is 2.50. The summed E-state index contributed by atoms with van der Waals surface area (Å²) in [7, 11) is 0. The van der Waals surface area contributed by atoms with Crippen LogP contribution in [0.2, 0.25) is 0 Å². The van der Waals surface area contributed by atoms with E-state index in [-0.39, 0.29) is 0 Å². The van der Waals surface area contributed by atoms with E-state index in [9.17, 15) is 10.4 Å². The van der Waals surface area contributed by atoms with E-state index in [2.05, 4.69) is 6.07 Å². The molecule has 1 atom stereocenters. The van der Waals surface area contributed by atoms with Gasteiger partial charge in [-0.3, -0.25) is 0 Å². The highest BCUT2D eigenvalue weighted by atomic mass is 16.5. The van der Waals surface area contributed by atoms with Crippen LogP contribution >= 0.6 is 0 Å². The molecule has 1 fully saturated rings. The Kier molecular flexibility index (Phi) is 2.17. The number of para-hydroxylation sites is 1. The van der Waals surface area contributed by atoms with E-state index in [1.807, 2.05) is 24.3 Å². The first kappa shape index (κ1) is 10.6. The van der Waals surface area contributed by atoms with Crippen molar-refractivity contribution in [2.45, 2.75) is 31.3 Å². The molecular formula is C14H15NO2. The van der Waals surface area contributed by atoms with Gasteiger partial charge < -0.3 is 9.84 Å². The highest BCUT2D eigenvalue weighted by molar-refractivity contribution is 5.39. The van der Waals surface area contributed by atoms with Crippen LogP contribution in [0.5, 0.6) is 5.75 Å². The molecule has 1 saturated carbocycles. The summed E-state index contributed by atoms with van der Waals surface area (Å²) in [5.41, 5.74) is -0.588. The second-order valence-electron chi connectivity index (χ2n) is 5.15. The largest absolute Gasteiger partial charge is 0.492 e. The van der Waals surface area contributed by atoms with Crippen molar-refractivity contribution in [1.82, 2.24) is 0 Å². The molecule has 1 N–H and O–H groups in total. The van der Waals surface area contributed by atoms with Gasteiger partial charge in [0, 0.05) is 6.42 Å². The fourth-order valence-corrected chi connectivity index (χ4v) is 2.83. The van der Waals surface area contributed by atoms with E-state index >= 15 is 0 Å². The van der Waals surface area contributed by atoms with Crippen LogP contribution in [0.3, 0.4) is 0 Å². The predicted octanol–water partition coefficient (Wildman–Crippen LogP) is 2.05. The molecule has 0 bridgehead atoms. The SMILES string of the molecule is N#CC1(C2(O)CCC2)COc2ccccc2C1. The van der Waals surface area contributed by atoms with Crippen molar-refractivity contribution in [3.05, 3.63) is 29.8 Å². The number of nitrogens with zero attached hydrogens (tertiary/aromatic N) is 1. The summed E-state index contributed by atoms with van der Waals surface area (Å²) in [5, 5.41) is 20.0. The smallest absolute Gasteiger partial charge is 0.124 e. The zero-order valence-corrected chi connectivity index (χ0v) is 9.65. The van der Waals surface area contributed by atoms with Crippen molar-refractivity contribution in [2.75, 3.05) is 6.61 Å². The molecule has 88 valence electrons. The van der Waals surface area contributed by atoms with Crippen LogP contribution in [0.4, 0.5) is 0 Å². The van der Waals surface area contributed by atoms with Crippen molar-refractivity contribution < 1.29 is 9.84 Å². The van der Waals surface area contributed by atoms with E-state index in [0.29, 0.717) is 25.9 Å². The molecule has 1 unspecified atom stereocenters. The Morgan fingerprint density at radius 2 is 2.06 bits per heavy atom. The molecule has 17 heavy (non-hydrogen) atoms. The Morgan fingerprint density at radius 3 is 2.71 bits per heavy atom. The molecule has 3 heteroatoms. The molecule has 0 radical (unpaired) electrons. The van der Waals surface area contributed by atoms with Crippen molar-refractivity contribution >= 4 is 0 Å².